The van der Waals surface area contributed by atoms with Crippen molar-refractivity contribution in [1.82, 2.24) is 10.0 Å². The Morgan fingerprint density at radius 1 is 1.29 bits per heavy atom. The van der Waals surface area contributed by atoms with Gasteiger partial charge in [0.25, 0.3) is 0 Å². The topological polar surface area (TPSA) is 58.2 Å². The van der Waals surface area contributed by atoms with Gasteiger partial charge in [-0.05, 0) is 44.4 Å². The third kappa shape index (κ3) is 5.70. The van der Waals surface area contributed by atoms with Crippen molar-refractivity contribution in [2.45, 2.75) is 64.3 Å². The molecule has 0 saturated carbocycles. The summed E-state index contributed by atoms with van der Waals surface area (Å²) in [5.74, 6) is 0.525. The van der Waals surface area contributed by atoms with Gasteiger partial charge in [0.05, 0.1) is 0 Å². The van der Waals surface area contributed by atoms with E-state index in [1.807, 2.05) is 20.8 Å². The second-order valence-electron chi connectivity index (χ2n) is 5.72. The van der Waals surface area contributed by atoms with Crippen LogP contribution in [-0.2, 0) is 16.6 Å². The zero-order valence-electron chi connectivity index (χ0n) is 13.7. The Kier molecular flexibility index (Phi) is 7.33. The number of aryl methyl sites for hydroxylation is 1. The fourth-order valence-electron chi connectivity index (χ4n) is 2.18. The van der Waals surface area contributed by atoms with Crippen LogP contribution in [0.15, 0.2) is 10.3 Å². The minimum Gasteiger partial charge on any atom is -0.312 e. The predicted molar refractivity (Wildman–Crippen MR) is 90.3 cm³/mol. The monoisotopic (exact) mass is 332 g/mol. The zero-order chi connectivity index (χ0) is 16.0. The van der Waals surface area contributed by atoms with E-state index in [1.54, 1.807) is 6.07 Å². The van der Waals surface area contributed by atoms with Crippen molar-refractivity contribution in [3.63, 3.8) is 0 Å². The number of sulfonamides is 1. The number of hydrogen-bond acceptors (Lipinski definition) is 4. The highest BCUT2D eigenvalue weighted by Gasteiger charge is 2.21. The minimum atomic E-state index is -3.40. The van der Waals surface area contributed by atoms with Crippen LogP contribution in [0.2, 0.25) is 0 Å². The summed E-state index contributed by atoms with van der Waals surface area (Å²) >= 11 is 1.36. The first kappa shape index (κ1) is 18.6. The average molecular weight is 333 g/mol. The van der Waals surface area contributed by atoms with Crippen LogP contribution in [0.25, 0.3) is 0 Å². The largest absolute Gasteiger partial charge is 0.312 e. The summed E-state index contributed by atoms with van der Waals surface area (Å²) in [4.78, 5) is 1.09. The van der Waals surface area contributed by atoms with E-state index < -0.39 is 10.0 Å². The lowest BCUT2D eigenvalue weighted by Gasteiger charge is -2.16. The summed E-state index contributed by atoms with van der Waals surface area (Å²) in [6.45, 7) is 11.8. The molecule has 2 unspecified atom stereocenters. The van der Waals surface area contributed by atoms with Crippen LogP contribution >= 0.6 is 11.3 Å². The molecule has 4 nitrogen and oxygen atoms in total. The highest BCUT2D eigenvalue weighted by atomic mass is 32.2. The lowest BCUT2D eigenvalue weighted by atomic mass is 10.0. The highest BCUT2D eigenvalue weighted by molar-refractivity contribution is 7.91. The van der Waals surface area contributed by atoms with Gasteiger partial charge in [-0.3, -0.25) is 0 Å². The van der Waals surface area contributed by atoms with Crippen LogP contribution in [0, 0.1) is 12.8 Å². The first-order valence-corrected chi connectivity index (χ1v) is 9.92. The molecule has 0 spiro atoms. The molecule has 0 fully saturated rings. The van der Waals surface area contributed by atoms with E-state index in [9.17, 15) is 8.42 Å². The van der Waals surface area contributed by atoms with Gasteiger partial charge in [0, 0.05) is 17.5 Å². The molecule has 6 heteroatoms. The summed E-state index contributed by atoms with van der Waals surface area (Å²) in [6, 6.07) is 1.74. The van der Waals surface area contributed by atoms with Crippen LogP contribution in [0.5, 0.6) is 0 Å². The van der Waals surface area contributed by atoms with Gasteiger partial charge in [0.1, 0.15) is 4.21 Å². The lowest BCUT2D eigenvalue weighted by Crippen LogP contribution is -2.33. The van der Waals surface area contributed by atoms with Crippen LogP contribution in [0.3, 0.4) is 0 Å². The molecular formula is C15H28N2O2S2. The molecule has 2 atom stereocenters. The molecule has 0 aliphatic carbocycles. The van der Waals surface area contributed by atoms with E-state index in [0.29, 0.717) is 10.1 Å². The van der Waals surface area contributed by atoms with Crippen molar-refractivity contribution < 1.29 is 8.42 Å². The molecule has 1 aromatic rings. The Bertz CT molecular complexity index is 538. The Balaban J connectivity index is 2.78. The van der Waals surface area contributed by atoms with E-state index >= 15 is 0 Å². The van der Waals surface area contributed by atoms with Gasteiger partial charge in [-0.2, -0.15) is 0 Å². The van der Waals surface area contributed by atoms with E-state index in [1.165, 1.54) is 11.3 Å². The molecule has 0 amide bonds. The third-order valence-electron chi connectivity index (χ3n) is 3.61. The molecule has 1 rings (SSSR count). The van der Waals surface area contributed by atoms with Crippen LogP contribution in [-0.4, -0.2) is 21.0 Å². The van der Waals surface area contributed by atoms with E-state index in [2.05, 4.69) is 23.9 Å². The van der Waals surface area contributed by atoms with E-state index in [-0.39, 0.29) is 6.04 Å². The smallest absolute Gasteiger partial charge is 0.250 e. The molecule has 0 saturated heterocycles. The van der Waals surface area contributed by atoms with Gasteiger partial charge >= 0.3 is 0 Å². The fraction of sp³-hybridized carbons (Fsp3) is 0.733. The molecule has 0 aromatic carbocycles. The Morgan fingerprint density at radius 2 is 1.95 bits per heavy atom. The third-order valence-corrected chi connectivity index (χ3v) is 6.91. The van der Waals surface area contributed by atoms with Crippen LogP contribution < -0.4 is 10.0 Å². The Morgan fingerprint density at radius 3 is 2.52 bits per heavy atom. The zero-order valence-corrected chi connectivity index (χ0v) is 15.3. The molecule has 0 aliphatic heterocycles. The van der Waals surface area contributed by atoms with Gasteiger partial charge in [0.15, 0.2) is 0 Å². The van der Waals surface area contributed by atoms with Gasteiger partial charge in [-0.25, -0.2) is 13.1 Å². The Hall–Kier alpha value is -0.430. The van der Waals surface area contributed by atoms with Crippen molar-refractivity contribution in [1.29, 1.82) is 0 Å². The van der Waals surface area contributed by atoms with Crippen molar-refractivity contribution in [2.75, 3.05) is 6.54 Å². The predicted octanol–water partition coefficient (Wildman–Crippen LogP) is 3.27. The van der Waals surface area contributed by atoms with Gasteiger partial charge in [-0.15, -0.1) is 11.3 Å². The summed E-state index contributed by atoms with van der Waals surface area (Å²) in [7, 11) is -3.40. The number of nitrogens with one attached hydrogen (secondary N) is 2. The minimum absolute atomic E-state index is 0.0374. The van der Waals surface area contributed by atoms with E-state index in [0.717, 1.165) is 36.4 Å². The van der Waals surface area contributed by atoms with Crippen molar-refractivity contribution in [3.8, 4) is 0 Å². The molecule has 21 heavy (non-hydrogen) atoms. The molecule has 1 aromatic heterocycles. The maximum absolute atomic E-state index is 12.4. The molecule has 1 heterocycles. The normalized spacial score (nSPS) is 15.1. The van der Waals surface area contributed by atoms with Crippen LogP contribution in [0.4, 0.5) is 0 Å². The second kappa shape index (κ2) is 8.27. The van der Waals surface area contributed by atoms with Gasteiger partial charge in [0.2, 0.25) is 10.0 Å². The van der Waals surface area contributed by atoms with Crippen molar-refractivity contribution in [2.24, 2.45) is 5.92 Å². The maximum Gasteiger partial charge on any atom is 0.250 e. The molecule has 2 N–H and O–H groups in total. The number of thiophene rings is 1. The van der Waals surface area contributed by atoms with Gasteiger partial charge in [-0.1, -0.05) is 27.2 Å². The Labute approximate surface area is 133 Å². The molecular weight excluding hydrogens is 304 g/mol. The van der Waals surface area contributed by atoms with Crippen molar-refractivity contribution in [3.05, 3.63) is 16.5 Å². The SMILES string of the molecule is CCNCc1sc(S(=O)(=O)NC(C)CC(C)CC)cc1C. The summed E-state index contributed by atoms with van der Waals surface area (Å²) < 4.78 is 28.1. The number of rotatable bonds is 9. The quantitative estimate of drug-likeness (QED) is 0.730. The fourth-order valence-corrected chi connectivity index (χ4v) is 5.01. The second-order valence-corrected chi connectivity index (χ2v) is 8.80. The molecule has 0 aliphatic rings. The van der Waals surface area contributed by atoms with Crippen molar-refractivity contribution >= 4 is 21.4 Å². The molecule has 0 bridgehead atoms. The first-order valence-electron chi connectivity index (χ1n) is 7.62. The maximum atomic E-state index is 12.4. The molecule has 0 radical (unpaired) electrons. The highest BCUT2D eigenvalue weighted by Crippen LogP contribution is 2.26. The average Bonchev–Trinajstić information content (AvgIpc) is 2.77. The van der Waals surface area contributed by atoms with E-state index in [4.69, 9.17) is 0 Å². The number of hydrogen-bond donors (Lipinski definition) is 2. The molecule has 122 valence electrons. The summed E-state index contributed by atoms with van der Waals surface area (Å²) in [5, 5.41) is 3.24. The summed E-state index contributed by atoms with van der Waals surface area (Å²) in [6.07, 6.45) is 1.93. The standard InChI is InChI=1S/C15H28N2O2S2/c1-6-11(3)8-13(5)17-21(18,19)15-9-12(4)14(20-15)10-16-7-2/h9,11,13,16-17H,6-8,10H2,1-5H3. The van der Waals surface area contributed by atoms with Gasteiger partial charge < -0.3 is 5.32 Å². The van der Waals surface area contributed by atoms with Crippen LogP contribution in [0.1, 0.15) is 51.0 Å². The first-order chi connectivity index (χ1) is 9.80. The lowest BCUT2D eigenvalue weighted by molar-refractivity contribution is 0.446. The summed E-state index contributed by atoms with van der Waals surface area (Å²) in [5.41, 5.74) is 1.04.